The number of aromatic nitrogens is 8. The summed E-state index contributed by atoms with van der Waals surface area (Å²) in [6, 6.07) is 7.71. The molecule has 0 amide bonds. The van der Waals surface area contributed by atoms with Crippen LogP contribution in [0.25, 0.3) is 48.1 Å². The fourth-order valence-corrected chi connectivity index (χ4v) is 13.1. The van der Waals surface area contributed by atoms with Gasteiger partial charge in [-0.25, -0.2) is 33.4 Å². The molecule has 400 valence electrons. The zero-order valence-electron chi connectivity index (χ0n) is 43.3. The zero-order valence-corrected chi connectivity index (χ0v) is 48.3. The number of hydrogen-bond donors (Lipinski definition) is 3. The van der Waals surface area contributed by atoms with Crippen molar-refractivity contribution in [2.75, 3.05) is 41.0 Å². The number of ether oxygens (including phenoxy) is 2. The van der Waals surface area contributed by atoms with Crippen LogP contribution in [0.5, 0.6) is 0 Å². The lowest BCUT2D eigenvalue weighted by atomic mass is 9.78. The third-order valence-electron chi connectivity index (χ3n) is 12.1. The Morgan fingerprint density at radius 2 is 1.53 bits per heavy atom. The number of anilines is 2. The minimum Gasteiger partial charge on any atom is -0.460 e. The van der Waals surface area contributed by atoms with E-state index in [-0.39, 0.29) is 54.2 Å². The number of H-pyrrole nitrogens is 1. The average Bonchev–Trinajstić information content (AvgIpc) is 4.11. The number of sulfone groups is 1. The molecule has 8 rings (SSSR count). The van der Waals surface area contributed by atoms with Crippen molar-refractivity contribution in [2.45, 2.75) is 136 Å². The Hall–Kier alpha value is -5.08. The van der Waals surface area contributed by atoms with Crippen molar-refractivity contribution >= 4 is 99.7 Å². The van der Waals surface area contributed by atoms with Crippen molar-refractivity contribution in [1.29, 1.82) is 5.26 Å². The van der Waals surface area contributed by atoms with Crippen molar-refractivity contribution in [1.82, 2.24) is 39.9 Å². The number of unbranched alkanes of at least 4 members (excludes halogenated alkanes) is 1. The fourth-order valence-electron chi connectivity index (χ4n) is 8.40. The van der Waals surface area contributed by atoms with Crippen LogP contribution in [-0.2, 0) is 39.9 Å². The molecule has 25 heteroatoms. The van der Waals surface area contributed by atoms with Crippen LogP contribution in [-0.4, -0.2) is 119 Å². The van der Waals surface area contributed by atoms with Gasteiger partial charge in [0, 0.05) is 92.3 Å². The van der Waals surface area contributed by atoms with E-state index in [1.54, 1.807) is 17.5 Å². The van der Waals surface area contributed by atoms with Crippen molar-refractivity contribution in [3.63, 3.8) is 0 Å². The molecule has 0 atom stereocenters. The normalized spacial score (nSPS) is 17.7. The minimum absolute atomic E-state index is 0.100. The molecule has 2 fully saturated rings. The van der Waals surface area contributed by atoms with E-state index in [4.69, 9.17) is 37.0 Å². The quantitative estimate of drug-likeness (QED) is 0.0199. The summed E-state index contributed by atoms with van der Waals surface area (Å²) in [6.45, 7) is 24.5. The number of carbonyl (C=O) groups excluding carboxylic acids is 1. The van der Waals surface area contributed by atoms with Gasteiger partial charge in [0.2, 0.25) is 15.6 Å². The van der Waals surface area contributed by atoms with E-state index >= 15 is 0 Å². The summed E-state index contributed by atoms with van der Waals surface area (Å²) in [4.78, 5) is 27.6. The summed E-state index contributed by atoms with van der Waals surface area (Å²) in [7, 11) is -2.75. The first-order chi connectivity index (χ1) is 34.9. The molecule has 19 nitrogen and oxygen atoms in total. The molecule has 74 heavy (non-hydrogen) atoms. The van der Waals surface area contributed by atoms with Gasteiger partial charge < -0.3 is 34.5 Å². The third-order valence-corrected chi connectivity index (χ3v) is 18.6. The Morgan fingerprint density at radius 3 is 2.08 bits per heavy atom. The molecule has 6 aromatic heterocycles. The molecule has 0 radical (unpaired) electrons. The van der Waals surface area contributed by atoms with Crippen molar-refractivity contribution in [2.24, 2.45) is 11.8 Å². The molecule has 3 N–H and O–H groups in total. The summed E-state index contributed by atoms with van der Waals surface area (Å²) in [5.74, 6) is 0.589. The first kappa shape index (κ1) is 58.2. The number of rotatable bonds is 21. The molecule has 0 bridgehead atoms. The second kappa shape index (κ2) is 25.6. The second-order valence-electron chi connectivity index (χ2n) is 21.0. The highest BCUT2D eigenvalue weighted by Crippen LogP contribution is 2.41. The topological polar surface area (TPSA) is 254 Å². The van der Waals surface area contributed by atoms with Gasteiger partial charge in [0.25, 0.3) is 0 Å². The van der Waals surface area contributed by atoms with Gasteiger partial charge in [0.1, 0.15) is 33.6 Å². The molecular formula is C49H67ClN12O7S4Si. The molecule has 2 saturated carbocycles. The molecule has 2 aliphatic rings. The van der Waals surface area contributed by atoms with E-state index in [0.717, 1.165) is 103 Å². The van der Waals surface area contributed by atoms with Crippen LogP contribution in [0.4, 0.5) is 11.4 Å². The fraction of sp³-hybridized carbons (Fsp3) is 0.571. The maximum Gasteiger partial charge on any atom is 0.306 e. The lowest BCUT2D eigenvalue weighted by Gasteiger charge is -2.37. The van der Waals surface area contributed by atoms with Crippen LogP contribution in [0.15, 0.2) is 36.9 Å². The molecule has 0 spiro atoms. The number of fused-ring (bicyclic) bond motifs is 2. The predicted molar refractivity (Wildman–Crippen MR) is 297 cm³/mol. The smallest absolute Gasteiger partial charge is 0.306 e. The van der Waals surface area contributed by atoms with Gasteiger partial charge in [-0.15, -0.1) is 20.4 Å². The highest BCUT2D eigenvalue weighted by molar-refractivity contribution is 8.13. The number of nitrogens with one attached hydrogen (secondary N) is 3. The van der Waals surface area contributed by atoms with Crippen LogP contribution < -0.4 is 10.6 Å². The Morgan fingerprint density at radius 1 is 0.919 bits per heavy atom. The maximum absolute atomic E-state index is 12.2. The molecule has 2 aliphatic carbocycles. The summed E-state index contributed by atoms with van der Waals surface area (Å²) >= 11 is 3.09. The van der Waals surface area contributed by atoms with Crippen molar-refractivity contribution < 1.29 is 31.1 Å². The van der Waals surface area contributed by atoms with Crippen LogP contribution in [0.2, 0.25) is 25.7 Å². The molecule has 6 aromatic rings. The van der Waals surface area contributed by atoms with Gasteiger partial charge in [-0.05, 0) is 96.7 Å². The molecule has 0 unspecified atom stereocenters. The SMILES string of the molecule is Cc1nnc(-c2cnc3[nH]ccc3c2NC2CC(CS(=O)(=O)CCCC#N)C2)s1.Cc1nnc(-c2cnc3c(ccn3COCC[Si](C)(C)C)c2NC2CC(CC(=O)OC(C)(C)C)C2)s1.[C-]#[N+]CCCS(=O)(=O)Cl. The Balaban J connectivity index is 0.000000210. The molecule has 6 heterocycles. The number of hydrogen-bond acceptors (Lipinski definition) is 18. The number of halogens is 1. The van der Waals surface area contributed by atoms with E-state index < -0.39 is 32.6 Å². The van der Waals surface area contributed by atoms with Gasteiger partial charge in [-0.2, -0.15) is 5.26 Å². The number of aromatic amines is 1. The first-order valence-electron chi connectivity index (χ1n) is 24.6. The Kier molecular flexibility index (Phi) is 20.2. The van der Waals surface area contributed by atoms with Gasteiger partial charge in [0.15, 0.2) is 19.9 Å². The van der Waals surface area contributed by atoms with Crippen LogP contribution in [0, 0.1) is 43.6 Å². The van der Waals surface area contributed by atoms with Crippen LogP contribution >= 0.6 is 33.4 Å². The van der Waals surface area contributed by atoms with Crippen LogP contribution in [0.3, 0.4) is 0 Å². The van der Waals surface area contributed by atoms with E-state index in [9.17, 15) is 21.6 Å². The lowest BCUT2D eigenvalue weighted by Crippen LogP contribution is -2.39. The Bertz CT molecular complexity index is 3160. The zero-order chi connectivity index (χ0) is 53.8. The number of carbonyl (C=O) groups is 1. The maximum atomic E-state index is 12.2. The summed E-state index contributed by atoms with van der Waals surface area (Å²) in [5, 5.41) is 38.4. The third kappa shape index (κ3) is 17.8. The second-order valence-corrected chi connectivity index (χ2v) is 34.1. The van der Waals surface area contributed by atoms with Crippen molar-refractivity contribution in [3.8, 4) is 27.2 Å². The highest BCUT2D eigenvalue weighted by Gasteiger charge is 2.35. The highest BCUT2D eigenvalue weighted by atomic mass is 35.7. The monoisotopic (exact) mass is 1130 g/mol. The number of nitriles is 1. The van der Waals surface area contributed by atoms with Gasteiger partial charge in [0.05, 0.1) is 45.8 Å². The summed E-state index contributed by atoms with van der Waals surface area (Å²) < 4.78 is 58.3. The standard InChI is InChI=1S/C26H39N5O3SSi.C19H22N6O2S2.C4H6ClNO2S/c1-17-29-30-25(35-17)21-15-27-24-20(8-9-31(24)16-33-10-11-36(5,6)7)23(21)28-19-12-18(13-19)14-22(32)34-26(2,3)4;1-12-24-25-19(28-12)16-10-22-18-15(4-6-21-18)17(16)23-14-8-13(9-14)11-29(26,27)7-3-2-5-20;1-6-3-2-4-9(5,7)8/h8-9,15,18-19H,10-14,16H2,1-7H3,(H,27,28);4,6,10,13-14H,2-3,7-9,11H2,1H3,(H2,21,22,23);2-4H2. The van der Waals surface area contributed by atoms with Gasteiger partial charge >= 0.3 is 5.97 Å². The van der Waals surface area contributed by atoms with E-state index in [0.29, 0.717) is 31.9 Å². The largest absolute Gasteiger partial charge is 0.460 e. The number of aryl methyl sites for hydroxylation is 2. The first-order valence-corrected chi connectivity index (χ1v) is 34.2. The number of pyridine rings is 2. The van der Waals surface area contributed by atoms with E-state index in [1.807, 2.05) is 65.3 Å². The lowest BCUT2D eigenvalue weighted by molar-refractivity contribution is -0.156. The number of nitrogens with zero attached hydrogens (tertiary/aromatic N) is 9. The molecule has 0 saturated heterocycles. The predicted octanol–water partition coefficient (Wildman–Crippen LogP) is 10.3. The van der Waals surface area contributed by atoms with Gasteiger partial charge in [-0.3, -0.25) is 4.79 Å². The molecule has 0 aliphatic heterocycles. The van der Waals surface area contributed by atoms with Crippen molar-refractivity contribution in [3.05, 3.63) is 58.4 Å². The molecular weight excluding hydrogens is 1060 g/mol. The Labute approximate surface area is 447 Å². The summed E-state index contributed by atoms with van der Waals surface area (Å²) in [5.41, 5.74) is 5.11. The molecule has 0 aromatic carbocycles. The summed E-state index contributed by atoms with van der Waals surface area (Å²) in [6.07, 6.45) is 12.6. The average molecular weight is 1130 g/mol. The van der Waals surface area contributed by atoms with Gasteiger partial charge in [-0.1, -0.05) is 42.3 Å². The van der Waals surface area contributed by atoms with E-state index in [1.165, 1.54) is 11.3 Å². The minimum atomic E-state index is -3.37. The van der Waals surface area contributed by atoms with E-state index in [2.05, 4.69) is 76.1 Å². The number of esters is 1. The van der Waals surface area contributed by atoms with Crippen LogP contribution in [0.1, 0.15) is 82.2 Å².